The van der Waals surface area contributed by atoms with Crippen molar-refractivity contribution in [2.24, 2.45) is 0 Å². The fourth-order valence-corrected chi connectivity index (χ4v) is 3.09. The molecule has 0 unspecified atom stereocenters. The van der Waals surface area contributed by atoms with E-state index < -0.39 is 0 Å². The van der Waals surface area contributed by atoms with E-state index >= 15 is 0 Å². The van der Waals surface area contributed by atoms with Crippen LogP contribution in [0.3, 0.4) is 0 Å². The minimum absolute atomic E-state index is 0.537. The summed E-state index contributed by atoms with van der Waals surface area (Å²) in [5, 5.41) is 8.35. The second-order valence-electron chi connectivity index (χ2n) is 6.66. The Labute approximate surface area is 159 Å². The molecule has 0 saturated carbocycles. The van der Waals surface area contributed by atoms with Crippen LogP contribution in [-0.4, -0.2) is 10.2 Å². The monoisotopic (exact) mass is 354 g/mol. The number of hydrogen-bond donors (Lipinski definition) is 0. The van der Waals surface area contributed by atoms with Crippen LogP contribution in [0.5, 0.6) is 0 Å². The Bertz CT molecular complexity index is 987. The molecule has 0 amide bonds. The highest BCUT2D eigenvalue weighted by atomic mass is 16.4. The van der Waals surface area contributed by atoms with E-state index in [2.05, 4.69) is 53.5 Å². The number of unbranched alkanes of at least 4 members (excludes halogenated alkanes) is 1. The molecule has 4 aromatic rings. The van der Waals surface area contributed by atoms with Crippen molar-refractivity contribution in [1.29, 1.82) is 0 Å². The van der Waals surface area contributed by atoms with E-state index in [0.29, 0.717) is 11.8 Å². The zero-order valence-electron chi connectivity index (χ0n) is 15.4. The summed E-state index contributed by atoms with van der Waals surface area (Å²) in [4.78, 5) is 0. The van der Waals surface area contributed by atoms with E-state index in [-0.39, 0.29) is 0 Å². The van der Waals surface area contributed by atoms with Crippen molar-refractivity contribution in [1.82, 2.24) is 10.2 Å². The molecule has 27 heavy (non-hydrogen) atoms. The fraction of sp³-hybridized carbons (Fsp3) is 0.167. The van der Waals surface area contributed by atoms with Crippen LogP contribution in [0, 0.1) is 0 Å². The average molecular weight is 354 g/mol. The van der Waals surface area contributed by atoms with Gasteiger partial charge in [0, 0.05) is 11.1 Å². The molecule has 0 aliphatic rings. The predicted octanol–water partition coefficient (Wildman–Crippen LogP) is 6.41. The molecule has 3 heteroatoms. The lowest BCUT2D eigenvalue weighted by molar-refractivity contribution is 0.584. The fourth-order valence-electron chi connectivity index (χ4n) is 3.09. The molecule has 0 spiro atoms. The summed E-state index contributed by atoms with van der Waals surface area (Å²) in [6.45, 7) is 2.22. The van der Waals surface area contributed by atoms with Crippen LogP contribution < -0.4 is 0 Å². The van der Waals surface area contributed by atoms with Crippen LogP contribution in [-0.2, 0) is 6.42 Å². The Morgan fingerprint density at radius 1 is 0.630 bits per heavy atom. The van der Waals surface area contributed by atoms with Gasteiger partial charge in [0.2, 0.25) is 11.8 Å². The molecule has 0 aliphatic heterocycles. The van der Waals surface area contributed by atoms with E-state index in [4.69, 9.17) is 4.42 Å². The Morgan fingerprint density at radius 3 is 1.74 bits per heavy atom. The highest BCUT2D eigenvalue weighted by molar-refractivity contribution is 5.68. The first-order valence-corrected chi connectivity index (χ1v) is 9.42. The van der Waals surface area contributed by atoms with Crippen molar-refractivity contribution in [3.05, 3.63) is 84.4 Å². The van der Waals surface area contributed by atoms with Gasteiger partial charge in [0.05, 0.1) is 0 Å². The van der Waals surface area contributed by atoms with Crippen molar-refractivity contribution in [2.75, 3.05) is 0 Å². The Hall–Kier alpha value is -3.20. The highest BCUT2D eigenvalue weighted by Gasteiger charge is 2.10. The van der Waals surface area contributed by atoms with Gasteiger partial charge in [-0.05, 0) is 53.8 Å². The minimum Gasteiger partial charge on any atom is -0.416 e. The van der Waals surface area contributed by atoms with Gasteiger partial charge in [-0.1, -0.05) is 67.9 Å². The van der Waals surface area contributed by atoms with Gasteiger partial charge >= 0.3 is 0 Å². The first kappa shape index (κ1) is 17.2. The second kappa shape index (κ2) is 8.00. The van der Waals surface area contributed by atoms with Crippen LogP contribution in [0.15, 0.2) is 83.3 Å². The molecule has 3 aromatic carbocycles. The average Bonchev–Trinajstić information content (AvgIpc) is 3.24. The van der Waals surface area contributed by atoms with Gasteiger partial charge in [-0.15, -0.1) is 10.2 Å². The first-order valence-electron chi connectivity index (χ1n) is 9.42. The third-order valence-electron chi connectivity index (χ3n) is 4.68. The van der Waals surface area contributed by atoms with Gasteiger partial charge < -0.3 is 4.42 Å². The molecule has 0 atom stereocenters. The lowest BCUT2D eigenvalue weighted by atomic mass is 10.0. The molecule has 0 bridgehead atoms. The molecule has 0 saturated heterocycles. The largest absolute Gasteiger partial charge is 0.416 e. The summed E-state index contributed by atoms with van der Waals surface area (Å²) < 4.78 is 5.83. The van der Waals surface area contributed by atoms with Gasteiger partial charge in [-0.25, -0.2) is 0 Å². The van der Waals surface area contributed by atoms with E-state index in [1.54, 1.807) is 0 Å². The van der Waals surface area contributed by atoms with Gasteiger partial charge in [0.1, 0.15) is 0 Å². The number of aryl methyl sites for hydroxylation is 1. The lowest BCUT2D eigenvalue weighted by Crippen LogP contribution is -1.85. The zero-order valence-corrected chi connectivity index (χ0v) is 15.4. The molecular weight excluding hydrogens is 332 g/mol. The maximum Gasteiger partial charge on any atom is 0.248 e. The van der Waals surface area contributed by atoms with Crippen LogP contribution in [0.25, 0.3) is 34.0 Å². The molecule has 1 heterocycles. The zero-order chi connectivity index (χ0) is 18.5. The molecule has 0 aliphatic carbocycles. The molecule has 0 fully saturated rings. The Balaban J connectivity index is 1.52. The van der Waals surface area contributed by atoms with E-state index in [1.807, 2.05) is 42.5 Å². The van der Waals surface area contributed by atoms with Crippen LogP contribution in [0.4, 0.5) is 0 Å². The summed E-state index contributed by atoms with van der Waals surface area (Å²) >= 11 is 0. The Morgan fingerprint density at radius 2 is 1.15 bits per heavy atom. The molecule has 3 nitrogen and oxygen atoms in total. The second-order valence-corrected chi connectivity index (χ2v) is 6.66. The van der Waals surface area contributed by atoms with Gasteiger partial charge in [0.15, 0.2) is 0 Å². The number of benzene rings is 3. The highest BCUT2D eigenvalue weighted by Crippen LogP contribution is 2.27. The van der Waals surface area contributed by atoms with Crippen LogP contribution in [0.2, 0.25) is 0 Å². The summed E-state index contributed by atoms with van der Waals surface area (Å²) in [5.41, 5.74) is 5.65. The maximum atomic E-state index is 5.83. The normalized spacial score (nSPS) is 10.9. The Kier molecular flexibility index (Phi) is 5.10. The lowest BCUT2D eigenvalue weighted by Gasteiger charge is -2.05. The van der Waals surface area contributed by atoms with Crippen molar-refractivity contribution in [3.8, 4) is 34.0 Å². The van der Waals surface area contributed by atoms with Crippen molar-refractivity contribution < 1.29 is 4.42 Å². The predicted molar refractivity (Wildman–Crippen MR) is 109 cm³/mol. The number of aromatic nitrogens is 2. The summed E-state index contributed by atoms with van der Waals surface area (Å²) in [6.07, 6.45) is 3.62. The molecule has 4 rings (SSSR count). The number of hydrogen-bond acceptors (Lipinski definition) is 3. The topological polar surface area (TPSA) is 38.9 Å². The van der Waals surface area contributed by atoms with Crippen molar-refractivity contribution in [2.45, 2.75) is 26.2 Å². The van der Waals surface area contributed by atoms with E-state index in [0.717, 1.165) is 17.5 Å². The standard InChI is InChI=1S/C24H22N2O/c1-2-3-7-18-10-12-19(13-11-18)20-14-16-22(17-15-20)24-26-25-23(27-24)21-8-5-4-6-9-21/h4-6,8-17H,2-3,7H2,1H3. The van der Waals surface area contributed by atoms with E-state index in [9.17, 15) is 0 Å². The van der Waals surface area contributed by atoms with Crippen LogP contribution >= 0.6 is 0 Å². The molecule has 1 aromatic heterocycles. The minimum atomic E-state index is 0.537. The van der Waals surface area contributed by atoms with Gasteiger partial charge in [0.25, 0.3) is 0 Å². The first-order chi connectivity index (χ1) is 13.3. The van der Waals surface area contributed by atoms with Gasteiger partial charge in [-0.3, -0.25) is 0 Å². The molecule has 0 radical (unpaired) electrons. The van der Waals surface area contributed by atoms with Gasteiger partial charge in [-0.2, -0.15) is 0 Å². The van der Waals surface area contributed by atoms with Crippen molar-refractivity contribution >= 4 is 0 Å². The number of nitrogens with zero attached hydrogens (tertiary/aromatic N) is 2. The quantitative estimate of drug-likeness (QED) is 0.401. The maximum absolute atomic E-state index is 5.83. The smallest absolute Gasteiger partial charge is 0.248 e. The van der Waals surface area contributed by atoms with Crippen LogP contribution in [0.1, 0.15) is 25.3 Å². The summed E-state index contributed by atoms with van der Waals surface area (Å²) in [5.74, 6) is 1.08. The SMILES string of the molecule is CCCCc1ccc(-c2ccc(-c3nnc(-c4ccccc4)o3)cc2)cc1. The third kappa shape index (κ3) is 3.98. The third-order valence-corrected chi connectivity index (χ3v) is 4.68. The molecule has 134 valence electrons. The molecular formula is C24H22N2O. The summed E-state index contributed by atoms with van der Waals surface area (Å²) in [7, 11) is 0. The van der Waals surface area contributed by atoms with Crippen molar-refractivity contribution in [3.63, 3.8) is 0 Å². The van der Waals surface area contributed by atoms with E-state index in [1.165, 1.54) is 29.5 Å². The molecule has 0 N–H and O–H groups in total. The summed E-state index contributed by atoms with van der Waals surface area (Å²) in [6, 6.07) is 26.9. The number of rotatable bonds is 6.